The molecule has 1 aliphatic carbocycles. The maximum absolute atomic E-state index is 12.1. The number of hydrogen-bond donors (Lipinski definition) is 1. The number of rotatable bonds is 3. The first kappa shape index (κ1) is 12.6. The van der Waals surface area contributed by atoms with E-state index in [0.29, 0.717) is 25.6 Å². The van der Waals surface area contributed by atoms with E-state index >= 15 is 0 Å². The number of carbonyl (C=O) groups excluding carboxylic acids is 2. The van der Waals surface area contributed by atoms with E-state index in [1.54, 1.807) is 4.90 Å². The fourth-order valence-electron chi connectivity index (χ4n) is 3.09. The Kier molecular flexibility index (Phi) is 2.68. The summed E-state index contributed by atoms with van der Waals surface area (Å²) in [6.45, 7) is 0.787. The second kappa shape index (κ2) is 4.46. The summed E-state index contributed by atoms with van der Waals surface area (Å²) in [6.07, 6.45) is 1.97. The molecule has 6 heteroatoms. The first-order valence-electron chi connectivity index (χ1n) is 7.30. The maximum Gasteiger partial charge on any atom is 0.414 e. The lowest BCUT2D eigenvalue weighted by molar-refractivity contribution is -0.117. The number of carbonyl (C=O) groups is 2. The van der Waals surface area contributed by atoms with E-state index in [1.807, 2.05) is 23.1 Å². The zero-order valence-corrected chi connectivity index (χ0v) is 11.6. The second-order valence-corrected chi connectivity index (χ2v) is 5.84. The lowest BCUT2D eigenvalue weighted by Gasteiger charge is -2.18. The zero-order valence-electron chi connectivity index (χ0n) is 11.6. The first-order valence-corrected chi connectivity index (χ1v) is 7.30. The predicted molar refractivity (Wildman–Crippen MR) is 77.3 cm³/mol. The fourth-order valence-corrected chi connectivity index (χ4v) is 3.09. The van der Waals surface area contributed by atoms with Gasteiger partial charge in [-0.25, -0.2) is 4.79 Å². The van der Waals surface area contributed by atoms with Gasteiger partial charge in [-0.1, -0.05) is 0 Å². The van der Waals surface area contributed by atoms with Gasteiger partial charge in [-0.05, 0) is 36.6 Å². The van der Waals surface area contributed by atoms with Crippen LogP contribution < -0.4 is 15.5 Å². The van der Waals surface area contributed by atoms with Crippen molar-refractivity contribution in [1.29, 1.82) is 0 Å². The molecule has 1 aromatic rings. The van der Waals surface area contributed by atoms with Crippen LogP contribution in [0.5, 0.6) is 0 Å². The molecule has 2 fully saturated rings. The number of fused-ring (bicyclic) bond motifs is 1. The van der Waals surface area contributed by atoms with Crippen LogP contribution in [-0.2, 0) is 16.0 Å². The zero-order chi connectivity index (χ0) is 14.6. The molecule has 2 aliphatic heterocycles. The van der Waals surface area contributed by atoms with Crippen molar-refractivity contribution in [1.82, 2.24) is 0 Å². The molecular weight excluding hydrogens is 270 g/mol. The number of amides is 2. The van der Waals surface area contributed by atoms with Crippen molar-refractivity contribution in [2.24, 2.45) is 5.73 Å². The summed E-state index contributed by atoms with van der Waals surface area (Å²) in [4.78, 5) is 27.5. The Morgan fingerprint density at radius 3 is 2.76 bits per heavy atom. The van der Waals surface area contributed by atoms with Crippen LogP contribution in [0.25, 0.3) is 0 Å². The summed E-state index contributed by atoms with van der Waals surface area (Å²) < 4.78 is 5.17. The quantitative estimate of drug-likeness (QED) is 0.900. The standard InChI is InChI=1S/C15H17N3O3/c16-7-12-8-17(15(20)21-12)11-3-4-13-9(5-11)6-14(19)18(13)10-1-2-10/h3-5,10,12H,1-2,6-8,16H2. The van der Waals surface area contributed by atoms with Crippen LogP contribution >= 0.6 is 0 Å². The number of ether oxygens (including phenoxy) is 1. The van der Waals surface area contributed by atoms with Gasteiger partial charge in [0.05, 0.1) is 13.0 Å². The molecule has 3 aliphatic rings. The highest BCUT2D eigenvalue weighted by Gasteiger charge is 2.39. The molecule has 110 valence electrons. The number of hydrogen-bond acceptors (Lipinski definition) is 4. The van der Waals surface area contributed by atoms with Crippen molar-refractivity contribution in [2.45, 2.75) is 31.4 Å². The van der Waals surface area contributed by atoms with Gasteiger partial charge < -0.3 is 15.4 Å². The van der Waals surface area contributed by atoms with E-state index in [2.05, 4.69) is 0 Å². The Morgan fingerprint density at radius 1 is 1.29 bits per heavy atom. The molecule has 1 saturated heterocycles. The number of nitrogens with zero attached hydrogens (tertiary/aromatic N) is 2. The molecule has 6 nitrogen and oxygen atoms in total. The molecule has 0 spiro atoms. The third-order valence-corrected chi connectivity index (χ3v) is 4.29. The molecule has 0 aromatic heterocycles. The van der Waals surface area contributed by atoms with E-state index in [1.165, 1.54) is 0 Å². The largest absolute Gasteiger partial charge is 0.443 e. The van der Waals surface area contributed by atoms with Crippen molar-refractivity contribution < 1.29 is 14.3 Å². The van der Waals surface area contributed by atoms with Crippen LogP contribution in [-0.4, -0.2) is 37.2 Å². The van der Waals surface area contributed by atoms with Crippen LogP contribution in [0.1, 0.15) is 18.4 Å². The van der Waals surface area contributed by atoms with Crippen LogP contribution in [0.3, 0.4) is 0 Å². The lowest BCUT2D eigenvalue weighted by Crippen LogP contribution is -2.28. The molecule has 1 atom stereocenters. The Hall–Kier alpha value is -2.08. The van der Waals surface area contributed by atoms with Gasteiger partial charge in [0, 0.05) is 24.0 Å². The van der Waals surface area contributed by atoms with Crippen molar-refractivity contribution in [2.75, 3.05) is 22.9 Å². The highest BCUT2D eigenvalue weighted by Crippen LogP contribution is 2.40. The summed E-state index contributed by atoms with van der Waals surface area (Å²) in [5.74, 6) is 0.161. The van der Waals surface area contributed by atoms with Gasteiger partial charge in [0.1, 0.15) is 6.10 Å². The van der Waals surface area contributed by atoms with Crippen LogP contribution in [0, 0.1) is 0 Å². The fraction of sp³-hybridized carbons (Fsp3) is 0.467. The average molecular weight is 287 g/mol. The summed E-state index contributed by atoms with van der Waals surface area (Å²) >= 11 is 0. The Bertz CT molecular complexity index is 627. The van der Waals surface area contributed by atoms with E-state index in [-0.39, 0.29) is 18.1 Å². The SMILES string of the molecule is NCC1CN(c2ccc3c(c2)CC(=O)N3C2CC2)C(=O)O1. The third-order valence-electron chi connectivity index (χ3n) is 4.29. The molecule has 1 aromatic carbocycles. The van der Waals surface area contributed by atoms with Gasteiger partial charge in [0.15, 0.2) is 0 Å². The minimum atomic E-state index is -0.367. The van der Waals surface area contributed by atoms with Gasteiger partial charge in [0.2, 0.25) is 5.91 Å². The van der Waals surface area contributed by atoms with Crippen molar-refractivity contribution >= 4 is 23.4 Å². The van der Waals surface area contributed by atoms with Gasteiger partial charge >= 0.3 is 6.09 Å². The van der Waals surface area contributed by atoms with Crippen LogP contribution in [0.15, 0.2) is 18.2 Å². The average Bonchev–Trinajstić information content (AvgIpc) is 3.14. The molecule has 2 amide bonds. The van der Waals surface area contributed by atoms with Crippen molar-refractivity contribution in [3.8, 4) is 0 Å². The van der Waals surface area contributed by atoms with Crippen LogP contribution in [0.4, 0.5) is 16.2 Å². The highest BCUT2D eigenvalue weighted by atomic mass is 16.6. The van der Waals surface area contributed by atoms with Gasteiger partial charge in [0.25, 0.3) is 0 Å². The second-order valence-electron chi connectivity index (χ2n) is 5.84. The Balaban J connectivity index is 1.64. The molecular formula is C15H17N3O3. The van der Waals surface area contributed by atoms with Gasteiger partial charge in [-0.15, -0.1) is 0 Å². The number of cyclic esters (lactones) is 1. The van der Waals surface area contributed by atoms with Gasteiger partial charge in [-0.2, -0.15) is 0 Å². The summed E-state index contributed by atoms with van der Waals surface area (Å²) in [5.41, 5.74) is 8.31. The molecule has 2 N–H and O–H groups in total. The van der Waals surface area contributed by atoms with E-state index in [4.69, 9.17) is 10.5 Å². The Morgan fingerprint density at radius 2 is 2.10 bits per heavy atom. The summed E-state index contributed by atoms with van der Waals surface area (Å²) in [7, 11) is 0. The summed E-state index contributed by atoms with van der Waals surface area (Å²) in [6, 6.07) is 6.13. The molecule has 0 radical (unpaired) electrons. The number of anilines is 2. The molecule has 0 bridgehead atoms. The van der Waals surface area contributed by atoms with Gasteiger partial charge in [-0.3, -0.25) is 9.69 Å². The smallest absolute Gasteiger partial charge is 0.414 e. The van der Waals surface area contributed by atoms with E-state index in [0.717, 1.165) is 29.8 Å². The molecule has 2 heterocycles. The number of nitrogens with two attached hydrogens (primary N) is 1. The minimum absolute atomic E-state index is 0.161. The number of benzene rings is 1. The summed E-state index contributed by atoms with van der Waals surface area (Å²) in [5, 5.41) is 0. The molecule has 1 unspecified atom stereocenters. The molecule has 1 saturated carbocycles. The highest BCUT2D eigenvalue weighted by molar-refractivity contribution is 6.03. The molecule has 4 rings (SSSR count). The Labute approximate surface area is 122 Å². The molecule has 21 heavy (non-hydrogen) atoms. The van der Waals surface area contributed by atoms with E-state index in [9.17, 15) is 9.59 Å². The maximum atomic E-state index is 12.1. The third kappa shape index (κ3) is 1.98. The van der Waals surface area contributed by atoms with Crippen molar-refractivity contribution in [3.63, 3.8) is 0 Å². The van der Waals surface area contributed by atoms with Crippen molar-refractivity contribution in [3.05, 3.63) is 23.8 Å². The monoisotopic (exact) mass is 287 g/mol. The lowest BCUT2D eigenvalue weighted by atomic mass is 10.1. The van der Waals surface area contributed by atoms with E-state index < -0.39 is 0 Å². The normalized spacial score (nSPS) is 24.5. The topological polar surface area (TPSA) is 75.9 Å². The minimum Gasteiger partial charge on any atom is -0.443 e. The first-order chi connectivity index (χ1) is 10.2. The predicted octanol–water partition coefficient (Wildman–Crippen LogP) is 1.02. The van der Waals surface area contributed by atoms with Crippen LogP contribution in [0.2, 0.25) is 0 Å².